The summed E-state index contributed by atoms with van der Waals surface area (Å²) < 4.78 is 0. The van der Waals surface area contributed by atoms with Crippen LogP contribution in [0.3, 0.4) is 0 Å². The van der Waals surface area contributed by atoms with Gasteiger partial charge in [0.05, 0.1) is 0 Å². The lowest BCUT2D eigenvalue weighted by Gasteiger charge is -2.17. The molecule has 0 bridgehead atoms. The van der Waals surface area contributed by atoms with Crippen molar-refractivity contribution in [2.24, 2.45) is 5.41 Å². The summed E-state index contributed by atoms with van der Waals surface area (Å²) in [5.74, 6) is 0.111. The maximum absolute atomic E-state index is 11.6. The van der Waals surface area contributed by atoms with Gasteiger partial charge in [-0.2, -0.15) is 0 Å². The fraction of sp³-hybridized carbons (Fsp3) is 0.500. The van der Waals surface area contributed by atoms with Crippen LogP contribution < -0.4 is 5.32 Å². The summed E-state index contributed by atoms with van der Waals surface area (Å²) in [5.41, 5.74) is 2.23. The quantitative estimate of drug-likeness (QED) is 0.832. The number of carbonyl (C=O) groups is 1. The topological polar surface area (TPSA) is 29.1 Å². The van der Waals surface area contributed by atoms with Gasteiger partial charge in [-0.1, -0.05) is 50.6 Å². The monoisotopic (exact) mass is 219 g/mol. The lowest BCUT2D eigenvalue weighted by Crippen LogP contribution is -2.35. The van der Waals surface area contributed by atoms with Crippen LogP contribution >= 0.6 is 0 Å². The molecule has 0 aromatic heterocycles. The van der Waals surface area contributed by atoms with Crippen molar-refractivity contribution < 1.29 is 4.79 Å². The molecule has 16 heavy (non-hydrogen) atoms. The number of carbonyl (C=O) groups excluding carboxylic acids is 1. The molecule has 88 valence electrons. The Balaban J connectivity index is 2.36. The van der Waals surface area contributed by atoms with Gasteiger partial charge >= 0.3 is 0 Å². The highest BCUT2D eigenvalue weighted by atomic mass is 16.2. The van der Waals surface area contributed by atoms with E-state index in [0.29, 0.717) is 6.54 Å². The number of benzene rings is 1. The molecule has 1 N–H and O–H groups in total. The number of aryl methyl sites for hydroxylation is 1. The normalized spacial score (nSPS) is 11.2. The summed E-state index contributed by atoms with van der Waals surface area (Å²) in [6.45, 7) is 8.56. The number of hydrogen-bond donors (Lipinski definition) is 1. The third kappa shape index (κ3) is 4.05. The predicted molar refractivity (Wildman–Crippen MR) is 67.3 cm³/mol. The minimum atomic E-state index is -0.298. The third-order valence-corrected chi connectivity index (χ3v) is 2.50. The molecule has 0 aliphatic rings. The van der Waals surface area contributed by atoms with E-state index in [1.54, 1.807) is 0 Å². The second kappa shape index (κ2) is 5.15. The molecule has 0 unspecified atom stereocenters. The van der Waals surface area contributed by atoms with Gasteiger partial charge in [-0.15, -0.1) is 0 Å². The number of hydrogen-bond acceptors (Lipinski definition) is 1. The summed E-state index contributed by atoms with van der Waals surface area (Å²) in [4.78, 5) is 11.6. The van der Waals surface area contributed by atoms with Crippen molar-refractivity contribution in [3.63, 3.8) is 0 Å². The lowest BCUT2D eigenvalue weighted by atomic mass is 9.95. The molecule has 0 spiro atoms. The first-order chi connectivity index (χ1) is 7.39. The van der Waals surface area contributed by atoms with Crippen molar-refractivity contribution in [2.75, 3.05) is 6.54 Å². The average molecular weight is 219 g/mol. The fourth-order valence-corrected chi connectivity index (χ4v) is 1.34. The molecule has 2 heteroatoms. The molecule has 0 fully saturated rings. The summed E-state index contributed by atoms with van der Waals surface area (Å²) in [5, 5.41) is 2.95. The molecule has 0 aliphatic carbocycles. The van der Waals surface area contributed by atoms with Gasteiger partial charge in [0.15, 0.2) is 0 Å². The standard InChI is InChI=1S/C14H21NO/c1-11-5-7-12(8-6-11)9-10-15-13(16)14(2,3)4/h5-8H,9-10H2,1-4H3,(H,15,16). The van der Waals surface area contributed by atoms with Crippen molar-refractivity contribution in [3.8, 4) is 0 Å². The molecular weight excluding hydrogens is 198 g/mol. The van der Waals surface area contributed by atoms with Crippen LogP contribution in [0.5, 0.6) is 0 Å². The van der Waals surface area contributed by atoms with Gasteiger partial charge in [0, 0.05) is 12.0 Å². The van der Waals surface area contributed by atoms with E-state index in [0.717, 1.165) is 6.42 Å². The molecular formula is C14H21NO. The minimum absolute atomic E-state index is 0.111. The highest BCUT2D eigenvalue weighted by Crippen LogP contribution is 2.12. The predicted octanol–water partition coefficient (Wildman–Crippen LogP) is 2.70. The first-order valence-corrected chi connectivity index (χ1v) is 5.73. The molecule has 0 heterocycles. The Morgan fingerprint density at radius 1 is 1.19 bits per heavy atom. The zero-order chi connectivity index (χ0) is 12.2. The zero-order valence-electron chi connectivity index (χ0n) is 10.6. The Morgan fingerprint density at radius 3 is 2.25 bits per heavy atom. The lowest BCUT2D eigenvalue weighted by molar-refractivity contribution is -0.128. The van der Waals surface area contributed by atoms with Gasteiger partial charge in [-0.05, 0) is 18.9 Å². The number of amides is 1. The van der Waals surface area contributed by atoms with Crippen LogP contribution in [0.2, 0.25) is 0 Å². The summed E-state index contributed by atoms with van der Waals surface area (Å²) >= 11 is 0. The second-order valence-corrected chi connectivity index (χ2v) is 5.24. The van der Waals surface area contributed by atoms with Gasteiger partial charge in [-0.25, -0.2) is 0 Å². The van der Waals surface area contributed by atoms with E-state index in [9.17, 15) is 4.79 Å². The van der Waals surface area contributed by atoms with Gasteiger partial charge in [0.25, 0.3) is 0 Å². The van der Waals surface area contributed by atoms with E-state index < -0.39 is 0 Å². The molecule has 0 atom stereocenters. The SMILES string of the molecule is Cc1ccc(CCNC(=O)C(C)(C)C)cc1. The first-order valence-electron chi connectivity index (χ1n) is 5.73. The molecule has 0 saturated heterocycles. The van der Waals surface area contributed by atoms with Crippen LogP contribution in [0.1, 0.15) is 31.9 Å². The molecule has 1 aromatic carbocycles. The maximum atomic E-state index is 11.6. The van der Waals surface area contributed by atoms with E-state index in [2.05, 4.69) is 36.5 Å². The molecule has 1 aromatic rings. The molecule has 0 saturated carbocycles. The zero-order valence-corrected chi connectivity index (χ0v) is 10.6. The third-order valence-electron chi connectivity index (χ3n) is 2.50. The van der Waals surface area contributed by atoms with Gasteiger partial charge in [-0.3, -0.25) is 4.79 Å². The van der Waals surface area contributed by atoms with Gasteiger partial charge < -0.3 is 5.32 Å². The number of rotatable bonds is 3. The van der Waals surface area contributed by atoms with Crippen molar-refractivity contribution in [1.82, 2.24) is 5.32 Å². The average Bonchev–Trinajstić information content (AvgIpc) is 2.19. The Morgan fingerprint density at radius 2 is 1.75 bits per heavy atom. The first kappa shape index (κ1) is 12.8. The van der Waals surface area contributed by atoms with E-state index in [-0.39, 0.29) is 11.3 Å². The number of nitrogens with one attached hydrogen (secondary N) is 1. The summed E-state index contributed by atoms with van der Waals surface area (Å²) in [6, 6.07) is 8.42. The van der Waals surface area contributed by atoms with Crippen LogP contribution in [-0.2, 0) is 11.2 Å². The molecule has 2 nitrogen and oxygen atoms in total. The Labute approximate surface area is 98.1 Å². The summed E-state index contributed by atoms with van der Waals surface area (Å²) in [6.07, 6.45) is 0.891. The van der Waals surface area contributed by atoms with E-state index >= 15 is 0 Å². The molecule has 0 radical (unpaired) electrons. The van der Waals surface area contributed by atoms with E-state index in [1.807, 2.05) is 20.8 Å². The Bertz CT molecular complexity index is 346. The van der Waals surface area contributed by atoms with Crippen LogP contribution in [0, 0.1) is 12.3 Å². The van der Waals surface area contributed by atoms with Crippen molar-refractivity contribution in [3.05, 3.63) is 35.4 Å². The van der Waals surface area contributed by atoms with Crippen molar-refractivity contribution in [2.45, 2.75) is 34.1 Å². The molecule has 0 aliphatic heterocycles. The smallest absolute Gasteiger partial charge is 0.225 e. The van der Waals surface area contributed by atoms with Crippen LogP contribution in [-0.4, -0.2) is 12.5 Å². The fourth-order valence-electron chi connectivity index (χ4n) is 1.34. The largest absolute Gasteiger partial charge is 0.355 e. The maximum Gasteiger partial charge on any atom is 0.225 e. The Hall–Kier alpha value is -1.31. The van der Waals surface area contributed by atoms with Gasteiger partial charge in [0.2, 0.25) is 5.91 Å². The van der Waals surface area contributed by atoms with Crippen LogP contribution in [0.25, 0.3) is 0 Å². The second-order valence-electron chi connectivity index (χ2n) is 5.24. The highest BCUT2D eigenvalue weighted by Gasteiger charge is 2.20. The van der Waals surface area contributed by atoms with E-state index in [1.165, 1.54) is 11.1 Å². The van der Waals surface area contributed by atoms with Crippen molar-refractivity contribution in [1.29, 1.82) is 0 Å². The van der Waals surface area contributed by atoms with Crippen LogP contribution in [0.4, 0.5) is 0 Å². The summed E-state index contributed by atoms with van der Waals surface area (Å²) in [7, 11) is 0. The van der Waals surface area contributed by atoms with E-state index in [4.69, 9.17) is 0 Å². The minimum Gasteiger partial charge on any atom is -0.355 e. The van der Waals surface area contributed by atoms with Crippen LogP contribution in [0.15, 0.2) is 24.3 Å². The van der Waals surface area contributed by atoms with Gasteiger partial charge in [0.1, 0.15) is 0 Å². The highest BCUT2D eigenvalue weighted by molar-refractivity contribution is 5.81. The van der Waals surface area contributed by atoms with Crippen molar-refractivity contribution >= 4 is 5.91 Å². The molecule has 1 amide bonds. The molecule has 1 rings (SSSR count). The Kier molecular flexibility index (Phi) is 4.11.